The minimum atomic E-state index is 0.121. The number of nitrogens with one attached hydrogen (secondary N) is 1. The van der Waals surface area contributed by atoms with Crippen molar-refractivity contribution in [3.8, 4) is 0 Å². The third-order valence-corrected chi connectivity index (χ3v) is 5.10. The molecule has 1 saturated carbocycles. The van der Waals surface area contributed by atoms with Crippen molar-refractivity contribution in [3.05, 3.63) is 29.8 Å². The van der Waals surface area contributed by atoms with Crippen molar-refractivity contribution in [3.63, 3.8) is 0 Å². The number of benzene rings is 1. The number of anilines is 1. The van der Waals surface area contributed by atoms with Crippen LogP contribution >= 0.6 is 0 Å². The smallest absolute Gasteiger partial charge is 0.0682 e. The normalized spacial score (nSPS) is 22.3. The predicted octanol–water partition coefficient (Wildman–Crippen LogP) is 3.39. The molecule has 0 bridgehead atoms. The first kappa shape index (κ1) is 14.9. The van der Waals surface area contributed by atoms with Gasteiger partial charge in [0, 0.05) is 30.9 Å². The number of hydrogen-bond donors (Lipinski definition) is 2. The van der Waals surface area contributed by atoms with Crippen LogP contribution in [0.4, 0.5) is 5.69 Å². The van der Waals surface area contributed by atoms with Crippen LogP contribution in [0.25, 0.3) is 0 Å². The van der Waals surface area contributed by atoms with E-state index in [4.69, 9.17) is 0 Å². The van der Waals surface area contributed by atoms with E-state index < -0.39 is 0 Å². The Morgan fingerprint density at radius 1 is 1.05 bits per heavy atom. The molecule has 2 N–H and O–H groups in total. The van der Waals surface area contributed by atoms with Crippen LogP contribution < -0.4 is 5.32 Å². The molecule has 1 aliphatic heterocycles. The summed E-state index contributed by atoms with van der Waals surface area (Å²) in [6.45, 7) is 2.60. The fourth-order valence-corrected chi connectivity index (χ4v) is 3.85. The van der Waals surface area contributed by atoms with Crippen molar-refractivity contribution in [2.24, 2.45) is 0 Å². The van der Waals surface area contributed by atoms with Gasteiger partial charge in [-0.1, -0.05) is 31.4 Å². The molecule has 0 atom stereocenters. The van der Waals surface area contributed by atoms with Crippen molar-refractivity contribution < 1.29 is 5.11 Å². The Balaban J connectivity index is 1.48. The second-order valence-electron chi connectivity index (χ2n) is 6.60. The molecule has 3 rings (SSSR count). The average Bonchev–Trinajstić information content (AvgIpc) is 2.56. The second-order valence-corrected chi connectivity index (χ2v) is 6.60. The first-order valence-corrected chi connectivity index (χ1v) is 8.55. The highest BCUT2D eigenvalue weighted by Crippen LogP contribution is 2.26. The Kier molecular flexibility index (Phi) is 5.15. The van der Waals surface area contributed by atoms with E-state index >= 15 is 0 Å². The number of nitrogens with zero attached hydrogens (tertiary/aromatic N) is 1. The van der Waals surface area contributed by atoms with Gasteiger partial charge in [0.05, 0.1) is 6.61 Å². The molecule has 0 spiro atoms. The zero-order valence-corrected chi connectivity index (χ0v) is 12.9. The molecule has 0 aromatic heterocycles. The Labute approximate surface area is 128 Å². The Morgan fingerprint density at radius 3 is 2.52 bits per heavy atom. The van der Waals surface area contributed by atoms with Gasteiger partial charge >= 0.3 is 0 Å². The molecular weight excluding hydrogens is 260 g/mol. The summed E-state index contributed by atoms with van der Waals surface area (Å²) in [6.07, 6.45) is 9.59. The molecule has 21 heavy (non-hydrogen) atoms. The topological polar surface area (TPSA) is 35.5 Å². The Bertz CT molecular complexity index is 435. The van der Waals surface area contributed by atoms with E-state index in [0.717, 1.165) is 17.3 Å². The van der Waals surface area contributed by atoms with Gasteiger partial charge in [0.1, 0.15) is 0 Å². The van der Waals surface area contributed by atoms with Crippen LogP contribution in [0.15, 0.2) is 24.3 Å². The average molecular weight is 288 g/mol. The van der Waals surface area contributed by atoms with Crippen LogP contribution in [0.3, 0.4) is 0 Å². The highest BCUT2D eigenvalue weighted by molar-refractivity contribution is 5.46. The number of aliphatic hydroxyl groups excluding tert-OH is 1. The van der Waals surface area contributed by atoms with Crippen molar-refractivity contribution in [1.29, 1.82) is 0 Å². The van der Waals surface area contributed by atoms with E-state index in [9.17, 15) is 5.11 Å². The van der Waals surface area contributed by atoms with Crippen LogP contribution in [-0.2, 0) is 6.61 Å². The number of likely N-dealkylation sites (tertiary alicyclic amines) is 1. The maximum Gasteiger partial charge on any atom is 0.0682 e. The largest absolute Gasteiger partial charge is 0.392 e. The molecule has 1 saturated heterocycles. The summed E-state index contributed by atoms with van der Waals surface area (Å²) in [4.78, 5) is 2.72. The van der Waals surface area contributed by atoms with Gasteiger partial charge in [-0.2, -0.15) is 0 Å². The van der Waals surface area contributed by atoms with E-state index in [-0.39, 0.29) is 6.61 Å². The van der Waals surface area contributed by atoms with Crippen LogP contribution in [0.2, 0.25) is 0 Å². The van der Waals surface area contributed by atoms with Gasteiger partial charge in [-0.15, -0.1) is 0 Å². The molecule has 116 valence electrons. The van der Waals surface area contributed by atoms with E-state index in [1.807, 2.05) is 12.1 Å². The standard InChI is InChI=1S/C18H28N2O/c21-14-15-5-4-6-17(13-15)19-16-9-11-20(12-10-16)18-7-2-1-3-8-18/h4-6,13,16,18-19,21H,1-3,7-12,14H2. The van der Waals surface area contributed by atoms with Crippen molar-refractivity contribution >= 4 is 5.69 Å². The third-order valence-electron chi connectivity index (χ3n) is 5.10. The van der Waals surface area contributed by atoms with Gasteiger partial charge in [0.2, 0.25) is 0 Å². The monoisotopic (exact) mass is 288 g/mol. The van der Waals surface area contributed by atoms with Crippen molar-refractivity contribution in [1.82, 2.24) is 4.90 Å². The molecular formula is C18H28N2O. The number of aliphatic hydroxyl groups is 1. The summed E-state index contributed by atoms with van der Waals surface area (Å²) < 4.78 is 0. The van der Waals surface area contributed by atoms with Crippen molar-refractivity contribution in [2.75, 3.05) is 18.4 Å². The highest BCUT2D eigenvalue weighted by atomic mass is 16.3. The molecule has 0 unspecified atom stereocenters. The summed E-state index contributed by atoms with van der Waals surface area (Å²) in [5.41, 5.74) is 2.14. The third kappa shape index (κ3) is 3.98. The minimum Gasteiger partial charge on any atom is -0.392 e. The van der Waals surface area contributed by atoms with Crippen molar-refractivity contribution in [2.45, 2.75) is 63.6 Å². The SMILES string of the molecule is OCc1cccc(NC2CCN(C3CCCCC3)CC2)c1. The fraction of sp³-hybridized carbons (Fsp3) is 0.667. The lowest BCUT2D eigenvalue weighted by molar-refractivity contribution is 0.126. The number of piperidine rings is 1. The van der Waals surface area contributed by atoms with E-state index in [0.29, 0.717) is 6.04 Å². The van der Waals surface area contributed by atoms with Gasteiger partial charge in [0.15, 0.2) is 0 Å². The molecule has 1 heterocycles. The van der Waals surface area contributed by atoms with Crippen LogP contribution in [0.5, 0.6) is 0 Å². The summed E-state index contributed by atoms with van der Waals surface area (Å²) in [7, 11) is 0. The predicted molar refractivity (Wildman–Crippen MR) is 87.5 cm³/mol. The lowest BCUT2D eigenvalue weighted by atomic mass is 9.92. The van der Waals surface area contributed by atoms with Gasteiger partial charge < -0.3 is 15.3 Å². The maximum absolute atomic E-state index is 9.21. The Hall–Kier alpha value is -1.06. The maximum atomic E-state index is 9.21. The molecule has 1 aromatic carbocycles. The molecule has 1 aliphatic carbocycles. The summed E-state index contributed by atoms with van der Waals surface area (Å²) in [6, 6.07) is 9.60. The van der Waals surface area contributed by atoms with Gasteiger partial charge in [0.25, 0.3) is 0 Å². The highest BCUT2D eigenvalue weighted by Gasteiger charge is 2.25. The zero-order chi connectivity index (χ0) is 14.5. The molecule has 0 radical (unpaired) electrons. The van der Waals surface area contributed by atoms with Gasteiger partial charge in [-0.3, -0.25) is 0 Å². The lowest BCUT2D eigenvalue weighted by Gasteiger charge is -2.39. The first-order valence-electron chi connectivity index (χ1n) is 8.55. The lowest BCUT2D eigenvalue weighted by Crippen LogP contribution is -2.45. The summed E-state index contributed by atoms with van der Waals surface area (Å²) >= 11 is 0. The van der Waals surface area contributed by atoms with Gasteiger partial charge in [-0.05, 0) is 43.4 Å². The summed E-state index contributed by atoms with van der Waals surface area (Å²) in [5, 5.41) is 12.9. The number of rotatable bonds is 4. The Morgan fingerprint density at radius 2 is 1.81 bits per heavy atom. The van der Waals surface area contributed by atoms with Crippen LogP contribution in [0, 0.1) is 0 Å². The molecule has 1 aromatic rings. The van der Waals surface area contributed by atoms with Crippen LogP contribution in [-0.4, -0.2) is 35.2 Å². The van der Waals surface area contributed by atoms with E-state index in [1.165, 1.54) is 58.0 Å². The molecule has 3 heteroatoms. The molecule has 0 amide bonds. The first-order chi connectivity index (χ1) is 10.3. The van der Waals surface area contributed by atoms with E-state index in [1.54, 1.807) is 0 Å². The quantitative estimate of drug-likeness (QED) is 0.891. The number of hydrogen-bond acceptors (Lipinski definition) is 3. The zero-order valence-electron chi connectivity index (χ0n) is 12.9. The molecule has 2 aliphatic rings. The van der Waals surface area contributed by atoms with E-state index in [2.05, 4.69) is 22.3 Å². The van der Waals surface area contributed by atoms with Crippen LogP contribution in [0.1, 0.15) is 50.5 Å². The minimum absolute atomic E-state index is 0.121. The summed E-state index contributed by atoms with van der Waals surface area (Å²) in [5.74, 6) is 0. The fourth-order valence-electron chi connectivity index (χ4n) is 3.85. The molecule has 2 fully saturated rings. The molecule has 3 nitrogen and oxygen atoms in total. The second kappa shape index (κ2) is 7.28. The van der Waals surface area contributed by atoms with Gasteiger partial charge in [-0.25, -0.2) is 0 Å².